The number of rotatable bonds is 5. The second-order valence-corrected chi connectivity index (χ2v) is 6.41. The molecule has 152 valence electrons. The van der Waals surface area contributed by atoms with Gasteiger partial charge >= 0.3 is 6.01 Å². The van der Waals surface area contributed by atoms with Crippen molar-refractivity contribution in [3.8, 4) is 23.7 Å². The van der Waals surface area contributed by atoms with E-state index >= 15 is 0 Å². The number of anilines is 1. The van der Waals surface area contributed by atoms with Crippen LogP contribution in [0, 0.1) is 18.8 Å². The van der Waals surface area contributed by atoms with E-state index in [0.29, 0.717) is 28.6 Å². The Labute approximate surface area is 171 Å². The van der Waals surface area contributed by atoms with Crippen LogP contribution in [0.2, 0.25) is 0 Å². The van der Waals surface area contributed by atoms with Crippen molar-refractivity contribution in [2.45, 2.75) is 19.8 Å². The van der Waals surface area contributed by atoms with E-state index in [1.54, 1.807) is 17.6 Å². The fourth-order valence-corrected chi connectivity index (χ4v) is 2.81. The van der Waals surface area contributed by atoms with E-state index in [4.69, 9.17) is 15.0 Å². The van der Waals surface area contributed by atoms with E-state index < -0.39 is 6.67 Å². The van der Waals surface area contributed by atoms with Gasteiger partial charge in [-0.15, -0.1) is 0 Å². The highest BCUT2D eigenvalue weighted by Gasteiger charge is 2.16. The topological polar surface area (TPSA) is 118 Å². The summed E-state index contributed by atoms with van der Waals surface area (Å²) in [5.41, 5.74) is 7.81. The summed E-state index contributed by atoms with van der Waals surface area (Å²) in [5, 5.41) is 3.90. The molecule has 0 saturated carbocycles. The Balaban J connectivity index is 1.76. The predicted molar refractivity (Wildman–Crippen MR) is 107 cm³/mol. The fraction of sp³-hybridized carbons (Fsp3) is 0.250. The van der Waals surface area contributed by atoms with Crippen LogP contribution in [-0.4, -0.2) is 42.9 Å². The summed E-state index contributed by atoms with van der Waals surface area (Å²) in [6.45, 7) is 2.86. The van der Waals surface area contributed by atoms with Crippen LogP contribution in [0.1, 0.15) is 30.1 Å². The van der Waals surface area contributed by atoms with E-state index in [2.05, 4.69) is 36.9 Å². The van der Waals surface area contributed by atoms with Crippen molar-refractivity contribution >= 4 is 17.0 Å². The molecule has 10 heteroatoms. The first-order chi connectivity index (χ1) is 14.5. The molecule has 3 aromatic heterocycles. The Morgan fingerprint density at radius 3 is 2.87 bits per heavy atom. The maximum Gasteiger partial charge on any atom is 0.303 e. The van der Waals surface area contributed by atoms with Crippen LogP contribution in [0.25, 0.3) is 16.9 Å². The molecule has 1 aromatic carbocycles. The van der Waals surface area contributed by atoms with Crippen molar-refractivity contribution < 1.29 is 13.7 Å². The molecule has 4 aromatic rings. The van der Waals surface area contributed by atoms with Crippen molar-refractivity contribution in [1.29, 1.82) is 0 Å². The molecule has 2 N–H and O–H groups in total. The lowest BCUT2D eigenvalue weighted by molar-refractivity contribution is 0.252. The maximum atomic E-state index is 12.7. The van der Waals surface area contributed by atoms with Gasteiger partial charge in [-0.25, -0.2) is 13.9 Å². The van der Waals surface area contributed by atoms with Crippen LogP contribution in [0.3, 0.4) is 0 Å². The number of aromatic nitrogens is 6. The van der Waals surface area contributed by atoms with E-state index in [9.17, 15) is 4.39 Å². The van der Waals surface area contributed by atoms with Crippen molar-refractivity contribution in [1.82, 2.24) is 29.7 Å². The van der Waals surface area contributed by atoms with Gasteiger partial charge in [0.05, 0.1) is 17.0 Å². The van der Waals surface area contributed by atoms with Crippen LogP contribution in [-0.2, 0) is 0 Å². The van der Waals surface area contributed by atoms with Crippen molar-refractivity contribution in [3.63, 3.8) is 0 Å². The fourth-order valence-electron chi connectivity index (χ4n) is 2.81. The molecule has 0 radical (unpaired) electrons. The number of halogens is 1. The zero-order valence-electron chi connectivity index (χ0n) is 16.3. The Kier molecular flexibility index (Phi) is 5.26. The third kappa shape index (κ3) is 3.91. The van der Waals surface area contributed by atoms with E-state index in [0.717, 1.165) is 5.56 Å². The van der Waals surface area contributed by atoms with Gasteiger partial charge in [0.25, 0.3) is 0 Å². The highest BCUT2D eigenvalue weighted by atomic mass is 19.1. The number of ether oxygens (including phenoxy) is 1. The standard InChI is InChI=1S/C20H18FN7O2/c1-12(18-24-13(2)30-27-18)3-4-14-5-6-15-16(11-14)28(20(25-15)29-10-8-21)17-7-9-23-19(22)26-17/h5-7,9,11-12H,8,10H2,1-2H3,(H2,22,23,26). The number of nitrogens with zero attached hydrogens (tertiary/aromatic N) is 6. The minimum absolute atomic E-state index is 0.103. The van der Waals surface area contributed by atoms with Crippen LogP contribution >= 0.6 is 0 Å². The maximum absolute atomic E-state index is 12.7. The van der Waals surface area contributed by atoms with Crippen molar-refractivity contribution in [2.75, 3.05) is 19.0 Å². The molecule has 0 bridgehead atoms. The molecule has 0 spiro atoms. The largest absolute Gasteiger partial charge is 0.462 e. The number of imidazole rings is 1. The summed E-state index contributed by atoms with van der Waals surface area (Å²) in [7, 11) is 0. The number of hydrogen-bond acceptors (Lipinski definition) is 8. The number of benzene rings is 1. The Hall–Kier alpha value is -4.00. The van der Waals surface area contributed by atoms with Crippen LogP contribution < -0.4 is 10.5 Å². The Bertz CT molecular complexity index is 1260. The molecular formula is C20H18FN7O2. The number of hydrogen-bond donors (Lipinski definition) is 1. The summed E-state index contributed by atoms with van der Waals surface area (Å²) < 4.78 is 24.8. The zero-order valence-corrected chi connectivity index (χ0v) is 16.3. The second kappa shape index (κ2) is 8.16. The number of nitrogen functional groups attached to an aromatic ring is 1. The molecule has 9 nitrogen and oxygen atoms in total. The van der Waals surface area contributed by atoms with Gasteiger partial charge in [-0.2, -0.15) is 15.0 Å². The van der Waals surface area contributed by atoms with E-state index in [1.165, 1.54) is 6.20 Å². The predicted octanol–water partition coefficient (Wildman–Crippen LogP) is 2.59. The minimum Gasteiger partial charge on any atom is -0.462 e. The molecule has 3 heterocycles. The van der Waals surface area contributed by atoms with Gasteiger partial charge < -0.3 is 15.0 Å². The lowest BCUT2D eigenvalue weighted by Gasteiger charge is -2.08. The van der Waals surface area contributed by atoms with Crippen LogP contribution in [0.4, 0.5) is 10.3 Å². The van der Waals surface area contributed by atoms with Crippen molar-refractivity contribution in [2.24, 2.45) is 0 Å². The first kappa shape index (κ1) is 19.3. The smallest absolute Gasteiger partial charge is 0.303 e. The van der Waals surface area contributed by atoms with E-state index in [-0.39, 0.29) is 24.5 Å². The van der Waals surface area contributed by atoms with Gasteiger partial charge in [0, 0.05) is 24.8 Å². The molecule has 0 amide bonds. The second-order valence-electron chi connectivity index (χ2n) is 6.41. The number of fused-ring (bicyclic) bond motifs is 1. The molecular weight excluding hydrogens is 389 g/mol. The average Bonchev–Trinajstić information content (AvgIpc) is 3.33. The van der Waals surface area contributed by atoms with Gasteiger partial charge in [-0.3, -0.25) is 0 Å². The third-order valence-electron chi connectivity index (χ3n) is 4.18. The molecule has 0 saturated heterocycles. The third-order valence-corrected chi connectivity index (χ3v) is 4.18. The summed E-state index contributed by atoms with van der Waals surface area (Å²) >= 11 is 0. The number of nitrogens with two attached hydrogens (primary N) is 1. The molecule has 0 fully saturated rings. The normalized spacial score (nSPS) is 11.8. The minimum atomic E-state index is -0.640. The Morgan fingerprint density at radius 1 is 1.27 bits per heavy atom. The monoisotopic (exact) mass is 407 g/mol. The van der Waals surface area contributed by atoms with Crippen LogP contribution in [0.15, 0.2) is 35.0 Å². The first-order valence-corrected chi connectivity index (χ1v) is 9.17. The molecule has 0 aliphatic rings. The highest BCUT2D eigenvalue weighted by molar-refractivity contribution is 5.80. The lowest BCUT2D eigenvalue weighted by Crippen LogP contribution is -2.07. The number of alkyl halides is 1. The number of aryl methyl sites for hydroxylation is 1. The van der Waals surface area contributed by atoms with Crippen molar-refractivity contribution in [3.05, 3.63) is 47.7 Å². The Morgan fingerprint density at radius 2 is 2.13 bits per heavy atom. The first-order valence-electron chi connectivity index (χ1n) is 9.17. The van der Waals surface area contributed by atoms with E-state index in [1.807, 2.05) is 25.1 Å². The summed E-state index contributed by atoms with van der Waals surface area (Å²) in [6, 6.07) is 7.38. The zero-order chi connectivity index (χ0) is 21.1. The summed E-state index contributed by atoms with van der Waals surface area (Å²) in [4.78, 5) is 16.8. The average molecular weight is 407 g/mol. The van der Waals surface area contributed by atoms with Gasteiger partial charge in [0.2, 0.25) is 11.8 Å². The SMILES string of the molecule is Cc1nc(C(C)C#Cc2ccc3nc(OCCF)n(-c4ccnc(N)n4)c3c2)no1. The lowest BCUT2D eigenvalue weighted by atomic mass is 10.1. The van der Waals surface area contributed by atoms with Gasteiger partial charge in [-0.05, 0) is 25.1 Å². The molecule has 0 aliphatic heterocycles. The quantitative estimate of drug-likeness (QED) is 0.502. The summed E-state index contributed by atoms with van der Waals surface area (Å²) in [6.07, 6.45) is 1.53. The van der Waals surface area contributed by atoms with Gasteiger partial charge in [-0.1, -0.05) is 17.0 Å². The molecule has 30 heavy (non-hydrogen) atoms. The molecule has 1 atom stereocenters. The molecule has 0 aliphatic carbocycles. The van der Waals surface area contributed by atoms with Gasteiger partial charge in [0.1, 0.15) is 19.1 Å². The summed E-state index contributed by atoms with van der Waals surface area (Å²) in [5.74, 6) is 7.61. The molecule has 1 unspecified atom stereocenters. The molecule has 4 rings (SSSR count). The highest BCUT2D eigenvalue weighted by Crippen LogP contribution is 2.26. The van der Waals surface area contributed by atoms with Crippen LogP contribution in [0.5, 0.6) is 6.01 Å². The van der Waals surface area contributed by atoms with Gasteiger partial charge in [0.15, 0.2) is 5.82 Å².